The minimum atomic E-state index is -0.621. The fourth-order valence-electron chi connectivity index (χ4n) is 3.32. The van der Waals surface area contributed by atoms with Crippen LogP contribution in [0.15, 0.2) is 65.6 Å². The molecule has 10 heteroatoms. The Bertz CT molecular complexity index is 1340. The Morgan fingerprint density at radius 1 is 1.09 bits per heavy atom. The molecule has 4 rings (SSSR count). The summed E-state index contributed by atoms with van der Waals surface area (Å²) in [5.41, 5.74) is 0.564. The van der Waals surface area contributed by atoms with E-state index in [1.807, 2.05) is 30.3 Å². The second kappa shape index (κ2) is 9.43. The summed E-state index contributed by atoms with van der Waals surface area (Å²) in [5, 5.41) is 15.2. The van der Waals surface area contributed by atoms with Gasteiger partial charge in [-0.2, -0.15) is 0 Å². The molecule has 3 aromatic carbocycles. The maximum Gasteiger partial charge on any atom is 0.293 e. The predicted octanol–water partition coefficient (Wildman–Crippen LogP) is 4.87. The van der Waals surface area contributed by atoms with Gasteiger partial charge >= 0.3 is 0 Å². The fraction of sp³-hybridized carbons (Fsp3) is 0.0870. The Hall–Kier alpha value is -3.69. The van der Waals surface area contributed by atoms with E-state index < -0.39 is 16.1 Å². The molecule has 0 spiro atoms. The Morgan fingerprint density at radius 2 is 1.85 bits per heavy atom. The molecule has 0 radical (unpaired) electrons. The highest BCUT2D eigenvalue weighted by Gasteiger charge is 2.34. The van der Waals surface area contributed by atoms with Crippen LogP contribution in [0.25, 0.3) is 16.8 Å². The maximum atomic E-state index is 12.6. The third-order valence-corrected chi connectivity index (χ3v) is 6.20. The number of imide groups is 1. The Morgan fingerprint density at radius 3 is 2.61 bits per heavy atom. The van der Waals surface area contributed by atoms with Crippen molar-refractivity contribution in [1.82, 2.24) is 10.2 Å². The minimum absolute atomic E-state index is 0.00208. The molecule has 166 valence electrons. The van der Waals surface area contributed by atoms with Crippen molar-refractivity contribution in [3.63, 3.8) is 0 Å². The van der Waals surface area contributed by atoms with Crippen molar-refractivity contribution in [3.05, 3.63) is 91.8 Å². The van der Waals surface area contributed by atoms with Crippen LogP contribution in [0, 0.1) is 10.1 Å². The van der Waals surface area contributed by atoms with Crippen LogP contribution in [-0.4, -0.2) is 40.0 Å². The van der Waals surface area contributed by atoms with E-state index in [-0.39, 0.29) is 34.6 Å². The van der Waals surface area contributed by atoms with Crippen LogP contribution in [0.3, 0.4) is 0 Å². The van der Waals surface area contributed by atoms with Crippen molar-refractivity contribution in [2.75, 3.05) is 13.1 Å². The third kappa shape index (κ3) is 4.89. The predicted molar refractivity (Wildman–Crippen MR) is 127 cm³/mol. The van der Waals surface area contributed by atoms with Gasteiger partial charge in [-0.3, -0.25) is 29.4 Å². The van der Waals surface area contributed by atoms with Gasteiger partial charge in [-0.25, -0.2) is 0 Å². The average Bonchev–Trinajstić information content (AvgIpc) is 3.07. The summed E-state index contributed by atoms with van der Waals surface area (Å²) in [5.74, 6) is -0.834. The zero-order valence-corrected chi connectivity index (χ0v) is 18.6. The monoisotopic (exact) mass is 481 g/mol. The van der Waals surface area contributed by atoms with Crippen molar-refractivity contribution in [3.8, 4) is 0 Å². The van der Waals surface area contributed by atoms with E-state index in [9.17, 15) is 24.5 Å². The lowest BCUT2D eigenvalue weighted by molar-refractivity contribution is -0.384. The van der Waals surface area contributed by atoms with Crippen LogP contribution >= 0.6 is 23.4 Å². The molecule has 0 aromatic heterocycles. The lowest BCUT2D eigenvalue weighted by Crippen LogP contribution is -2.37. The van der Waals surface area contributed by atoms with Gasteiger partial charge in [0.2, 0.25) is 0 Å². The number of thioether (sulfide) groups is 1. The highest BCUT2D eigenvalue weighted by molar-refractivity contribution is 8.18. The Kier molecular flexibility index (Phi) is 6.43. The van der Waals surface area contributed by atoms with Crippen LogP contribution in [0.4, 0.5) is 10.5 Å². The van der Waals surface area contributed by atoms with Gasteiger partial charge in [0, 0.05) is 24.7 Å². The molecule has 0 unspecified atom stereocenters. The Balaban J connectivity index is 1.40. The molecule has 33 heavy (non-hydrogen) atoms. The number of amides is 3. The summed E-state index contributed by atoms with van der Waals surface area (Å²) in [6.45, 7) is 0.0888. The summed E-state index contributed by atoms with van der Waals surface area (Å²) in [4.78, 5) is 49.0. The molecule has 1 N–H and O–H groups in total. The second-order valence-electron chi connectivity index (χ2n) is 7.12. The van der Waals surface area contributed by atoms with Gasteiger partial charge in [0.15, 0.2) is 0 Å². The lowest BCUT2D eigenvalue weighted by Gasteiger charge is -2.13. The summed E-state index contributed by atoms with van der Waals surface area (Å²) in [6.07, 6.45) is 1.40. The number of benzene rings is 3. The minimum Gasteiger partial charge on any atom is -0.350 e. The highest BCUT2D eigenvalue weighted by Crippen LogP contribution is 2.33. The summed E-state index contributed by atoms with van der Waals surface area (Å²) in [7, 11) is 0. The SMILES string of the molecule is O=C(NCCN1C(=O)S/C(=C\c2ccc(Cl)c([N+](=O)[O-])c2)C1=O)c1ccc2ccccc2c1. The first-order valence-electron chi connectivity index (χ1n) is 9.80. The number of rotatable bonds is 6. The molecule has 1 fully saturated rings. The first kappa shape index (κ1) is 22.5. The topological polar surface area (TPSA) is 110 Å². The molecular weight excluding hydrogens is 466 g/mol. The van der Waals surface area contributed by atoms with Crippen LogP contribution < -0.4 is 5.32 Å². The number of hydrogen-bond acceptors (Lipinski definition) is 6. The number of fused-ring (bicyclic) bond motifs is 1. The van der Waals surface area contributed by atoms with Crippen molar-refractivity contribution >= 4 is 63.0 Å². The zero-order valence-electron chi connectivity index (χ0n) is 17.0. The third-order valence-electron chi connectivity index (χ3n) is 4.97. The van der Waals surface area contributed by atoms with Gasteiger partial charge in [-0.15, -0.1) is 0 Å². The van der Waals surface area contributed by atoms with Crippen molar-refractivity contribution < 1.29 is 19.3 Å². The van der Waals surface area contributed by atoms with Gasteiger partial charge in [0.25, 0.3) is 22.7 Å². The largest absolute Gasteiger partial charge is 0.350 e. The molecule has 0 bridgehead atoms. The van der Waals surface area contributed by atoms with Crippen molar-refractivity contribution in [2.45, 2.75) is 0 Å². The molecule has 1 aliphatic heterocycles. The summed E-state index contributed by atoms with van der Waals surface area (Å²) < 4.78 is 0. The molecule has 3 amide bonds. The molecule has 0 aliphatic carbocycles. The van der Waals surface area contributed by atoms with Crippen LogP contribution in [0.1, 0.15) is 15.9 Å². The number of hydrogen-bond donors (Lipinski definition) is 1. The zero-order chi connectivity index (χ0) is 23.5. The van der Waals surface area contributed by atoms with Crippen LogP contribution in [0.2, 0.25) is 5.02 Å². The number of nitrogens with one attached hydrogen (secondary N) is 1. The first-order valence-corrected chi connectivity index (χ1v) is 11.0. The van der Waals surface area contributed by atoms with Crippen LogP contribution in [0.5, 0.6) is 0 Å². The number of nitro groups is 1. The summed E-state index contributed by atoms with van der Waals surface area (Å²) in [6, 6.07) is 17.1. The van der Waals surface area contributed by atoms with Crippen molar-refractivity contribution in [1.29, 1.82) is 0 Å². The van der Waals surface area contributed by atoms with E-state index in [0.29, 0.717) is 11.1 Å². The molecule has 1 heterocycles. The smallest absolute Gasteiger partial charge is 0.293 e. The molecular formula is C23H16ClN3O5S. The number of carbonyl (C=O) groups excluding carboxylic acids is 3. The molecule has 8 nitrogen and oxygen atoms in total. The molecule has 0 saturated carbocycles. The normalized spacial score (nSPS) is 14.8. The molecule has 1 aliphatic rings. The second-order valence-corrected chi connectivity index (χ2v) is 8.52. The maximum absolute atomic E-state index is 12.6. The van der Waals surface area contributed by atoms with Gasteiger partial charge in [0.05, 0.1) is 9.83 Å². The Labute approximate surface area is 197 Å². The van der Waals surface area contributed by atoms with E-state index in [1.54, 1.807) is 12.1 Å². The number of carbonyl (C=O) groups is 3. The van der Waals surface area contributed by atoms with E-state index in [2.05, 4.69) is 5.32 Å². The van der Waals surface area contributed by atoms with Gasteiger partial charge < -0.3 is 5.32 Å². The van der Waals surface area contributed by atoms with Gasteiger partial charge in [-0.1, -0.05) is 48.0 Å². The summed E-state index contributed by atoms with van der Waals surface area (Å²) >= 11 is 6.54. The molecule has 0 atom stereocenters. The van der Waals surface area contributed by atoms with Crippen LogP contribution in [-0.2, 0) is 4.79 Å². The van der Waals surface area contributed by atoms with E-state index in [1.165, 1.54) is 24.3 Å². The quantitative estimate of drug-likeness (QED) is 0.305. The first-order chi connectivity index (χ1) is 15.8. The standard InChI is InChI=1S/C23H16ClN3O5S/c24-18-8-5-14(11-19(18)27(31)32)12-20-22(29)26(23(30)33-20)10-9-25-21(28)17-7-6-15-3-1-2-4-16(15)13-17/h1-8,11-13H,9-10H2,(H,25,28)/b20-12-. The highest BCUT2D eigenvalue weighted by atomic mass is 35.5. The van der Waals surface area contributed by atoms with Gasteiger partial charge in [-0.05, 0) is 52.4 Å². The van der Waals surface area contributed by atoms with E-state index in [4.69, 9.17) is 11.6 Å². The lowest BCUT2D eigenvalue weighted by atomic mass is 10.1. The average molecular weight is 482 g/mol. The molecule has 1 saturated heterocycles. The van der Waals surface area contributed by atoms with Crippen molar-refractivity contribution in [2.24, 2.45) is 0 Å². The van der Waals surface area contributed by atoms with Gasteiger partial charge in [0.1, 0.15) is 5.02 Å². The molecule has 3 aromatic rings. The number of nitro benzene ring substituents is 1. The van der Waals surface area contributed by atoms with E-state index >= 15 is 0 Å². The fourth-order valence-corrected chi connectivity index (χ4v) is 4.37. The number of nitrogens with zero attached hydrogens (tertiary/aromatic N) is 2. The number of halogens is 1. The van der Waals surface area contributed by atoms with E-state index in [0.717, 1.165) is 27.4 Å².